The van der Waals surface area contributed by atoms with Gasteiger partial charge < -0.3 is 34.3 Å². The molecular formula is C34H49ClN6O6. The summed E-state index contributed by atoms with van der Waals surface area (Å²) in [5.74, 6) is 3.91. The maximum absolute atomic E-state index is 12.1. The molecule has 0 aliphatic carbocycles. The van der Waals surface area contributed by atoms with Crippen LogP contribution >= 0.6 is 12.4 Å². The number of hydrogen-bond donors (Lipinski definition) is 2. The van der Waals surface area contributed by atoms with Crippen LogP contribution in [0.1, 0.15) is 105 Å². The third-order valence-corrected chi connectivity index (χ3v) is 6.90. The zero-order valence-electron chi connectivity index (χ0n) is 28.3. The second kappa shape index (κ2) is 17.7. The minimum Gasteiger partial charge on any atom is -0.493 e. The van der Waals surface area contributed by atoms with Crippen molar-refractivity contribution < 1.29 is 29.4 Å². The van der Waals surface area contributed by atoms with Gasteiger partial charge in [-0.2, -0.15) is 9.97 Å². The van der Waals surface area contributed by atoms with Crippen LogP contribution in [-0.2, 0) is 17.6 Å². The highest BCUT2D eigenvalue weighted by Gasteiger charge is 2.26. The van der Waals surface area contributed by atoms with Gasteiger partial charge in [0.15, 0.2) is 0 Å². The van der Waals surface area contributed by atoms with E-state index in [9.17, 15) is 4.79 Å². The number of aryl methyl sites for hydroxylation is 2. The van der Waals surface area contributed by atoms with Gasteiger partial charge in [0.25, 0.3) is 0 Å². The molecule has 2 unspecified atom stereocenters. The highest BCUT2D eigenvalue weighted by Crippen LogP contribution is 2.36. The standard InChI is InChI=1S/C18H23N3O4.C13H15N3O2.C2H6.CH4.ClH/c1-5-15-20-16(21-25-15)11-6-7-12-13(8-9-23-14(12)10-11)19-17(22)24-18(2,3)4;1-2-12-15-13(16-18-12)8-3-4-9-10(14)5-6-17-11(9)7-8;1-2;;/h6-7,10,13H,5,8-9H2,1-4H3,(H,19,22);3-4,7,10H,2,5-6,14H2,1H3;1-2H3;1H4;1H/i;;1D;;. The number of nitrogens with zero attached hydrogens (tertiary/aromatic N) is 4. The van der Waals surface area contributed by atoms with E-state index in [2.05, 4.69) is 25.6 Å². The van der Waals surface area contributed by atoms with Crippen molar-refractivity contribution in [3.05, 3.63) is 59.3 Å². The normalized spacial score (nSPS) is 16.3. The summed E-state index contributed by atoms with van der Waals surface area (Å²) in [6, 6.07) is 11.5. The molecule has 2 aliphatic heterocycles. The first-order chi connectivity index (χ1) is 22.0. The van der Waals surface area contributed by atoms with Gasteiger partial charge in [-0.05, 0) is 32.9 Å². The van der Waals surface area contributed by atoms with E-state index in [1.807, 2.05) is 71.0 Å². The van der Waals surface area contributed by atoms with Crippen LogP contribution in [0.15, 0.2) is 45.4 Å². The van der Waals surface area contributed by atoms with Gasteiger partial charge in [0, 0.05) is 55.3 Å². The maximum Gasteiger partial charge on any atom is 0.408 e. The van der Waals surface area contributed by atoms with Crippen molar-refractivity contribution in [1.29, 1.82) is 0 Å². The molecule has 0 spiro atoms. The van der Waals surface area contributed by atoms with E-state index >= 15 is 0 Å². The second-order valence-corrected chi connectivity index (χ2v) is 11.3. The summed E-state index contributed by atoms with van der Waals surface area (Å²) >= 11 is 0. The lowest BCUT2D eigenvalue weighted by Crippen LogP contribution is -2.36. The fraction of sp³-hybridized carbons (Fsp3) is 0.500. The van der Waals surface area contributed by atoms with Gasteiger partial charge in [-0.1, -0.05) is 69.7 Å². The number of benzene rings is 2. The Morgan fingerprint density at radius 3 is 1.91 bits per heavy atom. The van der Waals surface area contributed by atoms with Crippen molar-refractivity contribution in [2.24, 2.45) is 5.73 Å². The summed E-state index contributed by atoms with van der Waals surface area (Å²) < 4.78 is 33.2. The molecule has 258 valence electrons. The van der Waals surface area contributed by atoms with Crippen LogP contribution in [0.25, 0.3) is 22.8 Å². The van der Waals surface area contributed by atoms with Crippen LogP contribution in [0, 0.1) is 0 Å². The van der Waals surface area contributed by atoms with Crippen LogP contribution in [0.4, 0.5) is 4.79 Å². The van der Waals surface area contributed by atoms with Crippen LogP contribution < -0.4 is 20.5 Å². The molecule has 6 rings (SSSR count). The second-order valence-electron chi connectivity index (χ2n) is 11.3. The lowest BCUT2D eigenvalue weighted by atomic mass is 9.99. The van der Waals surface area contributed by atoms with Crippen molar-refractivity contribution in [2.75, 3.05) is 13.2 Å². The molecule has 0 saturated carbocycles. The van der Waals surface area contributed by atoms with Gasteiger partial charge in [0.1, 0.15) is 17.1 Å². The third kappa shape index (κ3) is 10.2. The van der Waals surface area contributed by atoms with Crippen molar-refractivity contribution in [2.45, 2.75) is 99.2 Å². The molecule has 2 aliphatic rings. The Morgan fingerprint density at radius 1 is 0.936 bits per heavy atom. The van der Waals surface area contributed by atoms with E-state index in [1.54, 1.807) is 6.92 Å². The van der Waals surface area contributed by atoms with Crippen molar-refractivity contribution in [3.8, 4) is 34.3 Å². The first-order valence-electron chi connectivity index (χ1n) is 16.0. The first-order valence-corrected chi connectivity index (χ1v) is 15.3. The number of ether oxygens (including phenoxy) is 3. The SMILES string of the molecule is C.CCc1nc(-c2ccc3c(c2)OCCC3N)no1.CCc1nc(-c2ccc3c(c2)OCCC3NC(=O)OC(C)(C)C)no1.Cl.[2H]CC. The highest BCUT2D eigenvalue weighted by molar-refractivity contribution is 5.85. The number of aromatic nitrogens is 4. The molecule has 2 aromatic carbocycles. The minimum absolute atomic E-state index is 0. The smallest absolute Gasteiger partial charge is 0.408 e. The minimum atomic E-state index is -0.530. The van der Waals surface area contributed by atoms with E-state index in [4.69, 9.17) is 30.4 Å². The zero-order valence-corrected chi connectivity index (χ0v) is 28.1. The number of alkyl carbamates (subject to hydrolysis) is 1. The zero-order chi connectivity index (χ0) is 33.3. The van der Waals surface area contributed by atoms with Crippen molar-refractivity contribution in [1.82, 2.24) is 25.6 Å². The summed E-state index contributed by atoms with van der Waals surface area (Å²) in [6.07, 6.45) is 2.54. The lowest BCUT2D eigenvalue weighted by molar-refractivity contribution is 0.0491. The molecule has 0 bridgehead atoms. The Labute approximate surface area is 284 Å². The van der Waals surface area contributed by atoms with Gasteiger partial charge in [0.2, 0.25) is 23.4 Å². The summed E-state index contributed by atoms with van der Waals surface area (Å²) in [4.78, 5) is 20.7. The van der Waals surface area contributed by atoms with E-state index in [-0.39, 0.29) is 31.9 Å². The Kier molecular flexibility index (Phi) is 14.0. The number of amides is 1. The summed E-state index contributed by atoms with van der Waals surface area (Å²) in [7, 11) is 0. The maximum atomic E-state index is 12.1. The van der Waals surface area contributed by atoms with Crippen LogP contribution in [0.5, 0.6) is 11.5 Å². The van der Waals surface area contributed by atoms with E-state index in [0.717, 1.165) is 40.8 Å². The summed E-state index contributed by atoms with van der Waals surface area (Å²) in [6.45, 7) is 12.9. The molecular weight excluding hydrogens is 624 g/mol. The Hall–Kier alpha value is -4.16. The number of nitrogens with one attached hydrogen (secondary N) is 1. The number of rotatable bonds is 5. The number of carbonyl (C=O) groups excluding carboxylic acids is 1. The number of hydrogen-bond acceptors (Lipinski definition) is 11. The van der Waals surface area contributed by atoms with Crippen LogP contribution in [-0.4, -0.2) is 45.2 Å². The summed E-state index contributed by atoms with van der Waals surface area (Å²) in [5, 5.41) is 10.8. The quantitative estimate of drug-likeness (QED) is 0.212. The molecule has 12 nitrogen and oxygen atoms in total. The van der Waals surface area contributed by atoms with Gasteiger partial charge >= 0.3 is 6.09 Å². The van der Waals surface area contributed by atoms with Gasteiger partial charge in [0.05, 0.1) is 19.3 Å². The molecule has 47 heavy (non-hydrogen) atoms. The average molecular weight is 674 g/mol. The van der Waals surface area contributed by atoms with Gasteiger partial charge in [-0.15, -0.1) is 12.4 Å². The van der Waals surface area contributed by atoms with Crippen molar-refractivity contribution >= 4 is 18.5 Å². The Bertz CT molecular complexity index is 1590. The monoisotopic (exact) mass is 673 g/mol. The number of fused-ring (bicyclic) bond motifs is 2. The number of carbonyl (C=O) groups is 1. The average Bonchev–Trinajstić information content (AvgIpc) is 3.71. The van der Waals surface area contributed by atoms with E-state index < -0.39 is 11.7 Å². The Morgan fingerprint density at radius 2 is 1.43 bits per heavy atom. The number of halogens is 1. The largest absolute Gasteiger partial charge is 0.493 e. The predicted octanol–water partition coefficient (Wildman–Crippen LogP) is 7.81. The molecule has 4 heterocycles. The molecule has 4 aromatic rings. The van der Waals surface area contributed by atoms with E-state index in [1.165, 1.54) is 0 Å². The molecule has 2 atom stereocenters. The molecule has 3 N–H and O–H groups in total. The van der Waals surface area contributed by atoms with Gasteiger partial charge in [-0.25, -0.2) is 4.79 Å². The fourth-order valence-electron chi connectivity index (χ4n) is 4.72. The molecule has 0 fully saturated rings. The van der Waals surface area contributed by atoms with Crippen molar-refractivity contribution in [3.63, 3.8) is 0 Å². The molecule has 2 aromatic heterocycles. The Balaban J connectivity index is 0.000000308. The lowest BCUT2D eigenvalue weighted by Gasteiger charge is -2.28. The van der Waals surface area contributed by atoms with Gasteiger partial charge in [-0.3, -0.25) is 0 Å². The van der Waals surface area contributed by atoms with E-state index in [0.29, 0.717) is 62.1 Å². The van der Waals surface area contributed by atoms with Crippen LogP contribution in [0.2, 0.25) is 0 Å². The first kappa shape index (κ1) is 37.3. The molecule has 1 amide bonds. The molecule has 0 radical (unpaired) electrons. The fourth-order valence-corrected chi connectivity index (χ4v) is 4.72. The number of nitrogens with two attached hydrogens (primary N) is 1. The molecule has 0 saturated heterocycles. The summed E-state index contributed by atoms with van der Waals surface area (Å²) in [5.41, 5.74) is 9.18. The topological polar surface area (TPSA) is 161 Å². The predicted molar refractivity (Wildman–Crippen MR) is 183 cm³/mol. The molecule has 13 heteroatoms. The third-order valence-electron chi connectivity index (χ3n) is 6.90. The van der Waals surface area contributed by atoms with Crippen LogP contribution in [0.3, 0.4) is 0 Å². The highest BCUT2D eigenvalue weighted by atomic mass is 35.5.